The van der Waals surface area contributed by atoms with Crippen molar-refractivity contribution in [2.45, 2.75) is 53.5 Å². The van der Waals surface area contributed by atoms with E-state index in [4.69, 9.17) is 10.2 Å². The highest BCUT2D eigenvalue weighted by atomic mass is 15.1. The number of aryl methyl sites for hydroxylation is 3. The molecule has 20 heavy (non-hydrogen) atoms. The summed E-state index contributed by atoms with van der Waals surface area (Å²) in [5, 5.41) is 9.09. The van der Waals surface area contributed by atoms with Gasteiger partial charge < -0.3 is 4.57 Å². The Bertz CT molecular complexity index is 646. The van der Waals surface area contributed by atoms with Crippen LogP contribution in [0.1, 0.15) is 43.6 Å². The van der Waals surface area contributed by atoms with E-state index in [9.17, 15) is 0 Å². The molecule has 1 heterocycles. The van der Waals surface area contributed by atoms with Crippen molar-refractivity contribution in [1.82, 2.24) is 9.55 Å². The van der Waals surface area contributed by atoms with Crippen LogP contribution in [-0.4, -0.2) is 9.55 Å². The SMILES string of the molecule is CCCCc1nc2cc(C)c(C)cc2n1CC(C)C#N. The predicted octanol–water partition coefficient (Wildman–Crippen LogP) is 4.16. The molecule has 0 amide bonds. The molecular formula is C17H23N3. The second-order valence-electron chi connectivity index (χ2n) is 5.70. The summed E-state index contributed by atoms with van der Waals surface area (Å²) < 4.78 is 2.24. The summed E-state index contributed by atoms with van der Waals surface area (Å²) >= 11 is 0. The number of rotatable bonds is 5. The summed E-state index contributed by atoms with van der Waals surface area (Å²) in [6, 6.07) is 6.69. The monoisotopic (exact) mass is 269 g/mol. The summed E-state index contributed by atoms with van der Waals surface area (Å²) in [7, 11) is 0. The molecule has 0 spiro atoms. The van der Waals surface area contributed by atoms with Gasteiger partial charge in [-0.25, -0.2) is 4.98 Å². The van der Waals surface area contributed by atoms with Gasteiger partial charge in [0, 0.05) is 13.0 Å². The fourth-order valence-electron chi connectivity index (χ4n) is 2.47. The third-order valence-electron chi connectivity index (χ3n) is 3.87. The fourth-order valence-corrected chi connectivity index (χ4v) is 2.47. The van der Waals surface area contributed by atoms with Crippen LogP contribution in [-0.2, 0) is 13.0 Å². The van der Waals surface area contributed by atoms with Crippen molar-refractivity contribution >= 4 is 11.0 Å². The molecule has 0 saturated carbocycles. The number of benzene rings is 1. The molecule has 0 radical (unpaired) electrons. The highest BCUT2D eigenvalue weighted by molar-refractivity contribution is 5.78. The van der Waals surface area contributed by atoms with Crippen molar-refractivity contribution < 1.29 is 0 Å². The number of fused-ring (bicyclic) bond motifs is 1. The van der Waals surface area contributed by atoms with E-state index >= 15 is 0 Å². The number of hydrogen-bond acceptors (Lipinski definition) is 2. The predicted molar refractivity (Wildman–Crippen MR) is 82.6 cm³/mol. The fraction of sp³-hybridized carbons (Fsp3) is 0.529. The Morgan fingerprint density at radius 2 is 2.00 bits per heavy atom. The third kappa shape index (κ3) is 2.85. The van der Waals surface area contributed by atoms with Crippen LogP contribution in [0.25, 0.3) is 11.0 Å². The molecule has 1 aromatic carbocycles. The first-order valence-electron chi connectivity index (χ1n) is 7.42. The molecule has 2 aromatic rings. The van der Waals surface area contributed by atoms with Crippen molar-refractivity contribution in [3.8, 4) is 6.07 Å². The van der Waals surface area contributed by atoms with Crippen molar-refractivity contribution in [2.75, 3.05) is 0 Å². The lowest BCUT2D eigenvalue weighted by atomic mass is 10.1. The van der Waals surface area contributed by atoms with Gasteiger partial charge in [0.15, 0.2) is 0 Å². The molecule has 0 aliphatic heterocycles. The average molecular weight is 269 g/mol. The van der Waals surface area contributed by atoms with Crippen LogP contribution < -0.4 is 0 Å². The maximum atomic E-state index is 9.09. The van der Waals surface area contributed by atoms with E-state index in [1.165, 1.54) is 16.6 Å². The van der Waals surface area contributed by atoms with Crippen LogP contribution in [0.4, 0.5) is 0 Å². The highest BCUT2D eigenvalue weighted by Crippen LogP contribution is 2.23. The summed E-state index contributed by atoms with van der Waals surface area (Å²) in [6.45, 7) is 9.15. The van der Waals surface area contributed by atoms with E-state index in [2.05, 4.69) is 43.5 Å². The number of nitrogens with zero attached hydrogens (tertiary/aromatic N) is 3. The lowest BCUT2D eigenvalue weighted by Gasteiger charge is -2.11. The minimum absolute atomic E-state index is 0.00869. The molecule has 3 nitrogen and oxygen atoms in total. The number of nitriles is 1. The van der Waals surface area contributed by atoms with Crippen LogP contribution in [0.3, 0.4) is 0 Å². The minimum Gasteiger partial charge on any atom is -0.327 e. The molecule has 0 saturated heterocycles. The normalized spacial score (nSPS) is 12.6. The molecule has 0 aliphatic rings. The van der Waals surface area contributed by atoms with Gasteiger partial charge in [-0.05, 0) is 50.5 Å². The first kappa shape index (κ1) is 14.6. The summed E-state index contributed by atoms with van der Waals surface area (Å²) in [4.78, 5) is 4.79. The maximum Gasteiger partial charge on any atom is 0.109 e. The average Bonchev–Trinajstić information content (AvgIpc) is 2.74. The van der Waals surface area contributed by atoms with Crippen LogP contribution in [0, 0.1) is 31.1 Å². The molecular weight excluding hydrogens is 246 g/mol. The largest absolute Gasteiger partial charge is 0.327 e. The van der Waals surface area contributed by atoms with Gasteiger partial charge in [-0.3, -0.25) is 0 Å². The van der Waals surface area contributed by atoms with E-state index in [0.717, 1.165) is 37.1 Å². The molecule has 0 bridgehead atoms. The maximum absolute atomic E-state index is 9.09. The highest BCUT2D eigenvalue weighted by Gasteiger charge is 2.13. The van der Waals surface area contributed by atoms with Gasteiger partial charge in [0.2, 0.25) is 0 Å². The van der Waals surface area contributed by atoms with Gasteiger partial charge in [0.1, 0.15) is 5.82 Å². The molecule has 3 heteroatoms. The number of imidazole rings is 1. The number of aromatic nitrogens is 2. The van der Waals surface area contributed by atoms with Gasteiger partial charge in [-0.15, -0.1) is 0 Å². The molecule has 1 atom stereocenters. The Balaban J connectivity index is 2.52. The topological polar surface area (TPSA) is 41.6 Å². The van der Waals surface area contributed by atoms with Crippen molar-refractivity contribution in [1.29, 1.82) is 5.26 Å². The van der Waals surface area contributed by atoms with Gasteiger partial charge in [0.25, 0.3) is 0 Å². The lowest BCUT2D eigenvalue weighted by Crippen LogP contribution is -2.09. The quantitative estimate of drug-likeness (QED) is 0.818. The van der Waals surface area contributed by atoms with E-state index in [-0.39, 0.29) is 5.92 Å². The second-order valence-corrected chi connectivity index (χ2v) is 5.70. The van der Waals surface area contributed by atoms with Gasteiger partial charge in [-0.1, -0.05) is 13.3 Å². The van der Waals surface area contributed by atoms with E-state index < -0.39 is 0 Å². The second kappa shape index (κ2) is 6.09. The third-order valence-corrected chi connectivity index (χ3v) is 3.87. The minimum atomic E-state index is 0.00869. The van der Waals surface area contributed by atoms with Crippen molar-refractivity contribution in [3.05, 3.63) is 29.1 Å². The van der Waals surface area contributed by atoms with Crippen LogP contribution >= 0.6 is 0 Å². The zero-order valence-electron chi connectivity index (χ0n) is 12.9. The van der Waals surface area contributed by atoms with Gasteiger partial charge in [-0.2, -0.15) is 5.26 Å². The Hall–Kier alpha value is -1.82. The Kier molecular flexibility index (Phi) is 4.44. The first-order valence-corrected chi connectivity index (χ1v) is 7.42. The van der Waals surface area contributed by atoms with Crippen LogP contribution in [0.2, 0.25) is 0 Å². The molecule has 2 rings (SSSR count). The molecule has 1 aromatic heterocycles. The molecule has 106 valence electrons. The molecule has 1 unspecified atom stereocenters. The van der Waals surface area contributed by atoms with Gasteiger partial charge in [0.05, 0.1) is 23.0 Å². The number of hydrogen-bond donors (Lipinski definition) is 0. The molecule has 0 N–H and O–H groups in total. The lowest BCUT2D eigenvalue weighted by molar-refractivity contribution is 0.562. The van der Waals surface area contributed by atoms with E-state index in [0.29, 0.717) is 0 Å². The Morgan fingerprint density at radius 3 is 2.65 bits per heavy atom. The van der Waals surface area contributed by atoms with Crippen LogP contribution in [0.15, 0.2) is 12.1 Å². The zero-order chi connectivity index (χ0) is 14.7. The summed E-state index contributed by atoms with van der Waals surface area (Å²) in [5.41, 5.74) is 4.79. The Labute approximate surface area is 121 Å². The standard InChI is InChI=1S/C17H23N3/c1-5-6-7-17-19-15-8-13(3)14(4)9-16(15)20(17)11-12(2)10-18/h8-9,12H,5-7,11H2,1-4H3. The zero-order valence-corrected chi connectivity index (χ0v) is 12.9. The summed E-state index contributed by atoms with van der Waals surface area (Å²) in [6.07, 6.45) is 3.29. The van der Waals surface area contributed by atoms with Crippen molar-refractivity contribution in [3.63, 3.8) is 0 Å². The van der Waals surface area contributed by atoms with E-state index in [1.807, 2.05) is 6.92 Å². The smallest absolute Gasteiger partial charge is 0.109 e. The van der Waals surface area contributed by atoms with Gasteiger partial charge >= 0.3 is 0 Å². The first-order chi connectivity index (χ1) is 9.56. The molecule has 0 fully saturated rings. The Morgan fingerprint density at radius 1 is 1.30 bits per heavy atom. The summed E-state index contributed by atoms with van der Waals surface area (Å²) in [5.74, 6) is 1.13. The van der Waals surface area contributed by atoms with Crippen molar-refractivity contribution in [2.24, 2.45) is 5.92 Å². The number of unbranched alkanes of at least 4 members (excludes halogenated alkanes) is 1. The van der Waals surface area contributed by atoms with E-state index in [1.54, 1.807) is 0 Å². The van der Waals surface area contributed by atoms with Crippen LogP contribution in [0.5, 0.6) is 0 Å². The molecule has 0 aliphatic carbocycles.